The molecule has 0 aromatic heterocycles. The average Bonchev–Trinajstić information content (AvgIpc) is 3.41. The number of hydrogen-bond acceptors (Lipinski definition) is 4. The van der Waals surface area contributed by atoms with Gasteiger partial charge in [-0.3, -0.25) is 14.4 Å². The van der Waals surface area contributed by atoms with Crippen molar-refractivity contribution in [2.45, 2.75) is 69.4 Å². The second-order valence-corrected chi connectivity index (χ2v) is 10.7. The van der Waals surface area contributed by atoms with E-state index in [2.05, 4.69) is 24.1 Å². The number of nitrogens with one attached hydrogen (secondary N) is 2. The van der Waals surface area contributed by atoms with Crippen LogP contribution in [-0.4, -0.2) is 52.5 Å². The first-order valence-corrected chi connectivity index (χ1v) is 12.7. The van der Waals surface area contributed by atoms with Gasteiger partial charge in [0.2, 0.25) is 17.7 Å². The average molecular weight is 478 g/mol. The topological polar surface area (TPSA) is 87.7 Å². The molecule has 4 aliphatic rings. The van der Waals surface area contributed by atoms with E-state index in [9.17, 15) is 14.4 Å². The fourth-order valence-electron chi connectivity index (χ4n) is 6.65. The Kier molecular flexibility index (Phi) is 6.08. The molecule has 3 heterocycles. The van der Waals surface area contributed by atoms with Crippen molar-refractivity contribution in [2.24, 2.45) is 17.8 Å². The lowest BCUT2D eigenvalue weighted by atomic mass is 9.70. The van der Waals surface area contributed by atoms with Crippen LogP contribution >= 0.6 is 0 Å². The van der Waals surface area contributed by atoms with Crippen LogP contribution in [0.5, 0.6) is 0 Å². The minimum absolute atomic E-state index is 0.102. The van der Waals surface area contributed by atoms with Crippen LogP contribution in [0.3, 0.4) is 0 Å². The number of carbonyl (C=O) groups excluding carboxylic acids is 3. The summed E-state index contributed by atoms with van der Waals surface area (Å²) in [5, 5.41) is 6.23. The predicted octanol–water partition coefficient (Wildman–Crippen LogP) is 2.72. The molecule has 1 spiro atoms. The van der Waals surface area contributed by atoms with Gasteiger partial charge in [-0.15, -0.1) is 6.58 Å². The van der Waals surface area contributed by atoms with Crippen molar-refractivity contribution < 1.29 is 19.1 Å². The molecule has 1 aliphatic carbocycles. The van der Waals surface area contributed by atoms with Crippen LogP contribution in [0.25, 0.3) is 0 Å². The van der Waals surface area contributed by atoms with E-state index in [0.717, 1.165) is 24.8 Å². The molecule has 0 radical (unpaired) electrons. The van der Waals surface area contributed by atoms with Crippen LogP contribution in [0.15, 0.2) is 55.1 Å². The summed E-state index contributed by atoms with van der Waals surface area (Å²) in [6.45, 7) is 8.37. The highest BCUT2D eigenvalue weighted by Crippen LogP contribution is 2.59. The number of nitrogens with zero attached hydrogens (tertiary/aromatic N) is 1. The van der Waals surface area contributed by atoms with Gasteiger partial charge in [0.05, 0.1) is 17.4 Å². The molecule has 3 fully saturated rings. The highest BCUT2D eigenvalue weighted by molar-refractivity contribution is 6.00. The first-order valence-electron chi connectivity index (χ1n) is 12.7. The molecule has 3 aliphatic heterocycles. The van der Waals surface area contributed by atoms with E-state index < -0.39 is 29.1 Å². The molecule has 186 valence electrons. The third-order valence-electron chi connectivity index (χ3n) is 8.40. The first-order chi connectivity index (χ1) is 16.8. The van der Waals surface area contributed by atoms with E-state index in [0.29, 0.717) is 12.5 Å². The monoisotopic (exact) mass is 477 g/mol. The van der Waals surface area contributed by atoms with Crippen molar-refractivity contribution in [3.63, 3.8) is 0 Å². The molecule has 2 bridgehead atoms. The molecular weight excluding hydrogens is 442 g/mol. The molecule has 3 amide bonds. The van der Waals surface area contributed by atoms with Crippen molar-refractivity contribution in [3.8, 4) is 0 Å². The van der Waals surface area contributed by atoms with Crippen LogP contribution in [0.1, 0.15) is 45.1 Å². The fraction of sp³-hybridized carbons (Fsp3) is 0.536. The van der Waals surface area contributed by atoms with Crippen molar-refractivity contribution in [2.75, 3.05) is 6.54 Å². The largest absolute Gasteiger partial charge is 0.356 e. The normalized spacial score (nSPS) is 37.3. The van der Waals surface area contributed by atoms with E-state index >= 15 is 0 Å². The fourth-order valence-corrected chi connectivity index (χ4v) is 6.65. The van der Waals surface area contributed by atoms with E-state index in [4.69, 9.17) is 4.74 Å². The minimum atomic E-state index is -1.17. The van der Waals surface area contributed by atoms with Crippen molar-refractivity contribution in [1.29, 1.82) is 0 Å². The lowest BCUT2D eigenvalue weighted by molar-refractivity contribution is -0.144. The van der Waals surface area contributed by atoms with Crippen LogP contribution in [0.2, 0.25) is 0 Å². The molecule has 7 nitrogen and oxygen atoms in total. The third kappa shape index (κ3) is 3.80. The van der Waals surface area contributed by atoms with Gasteiger partial charge in [-0.1, -0.05) is 68.3 Å². The summed E-state index contributed by atoms with van der Waals surface area (Å²) in [5.74, 6) is -1.70. The highest BCUT2D eigenvalue weighted by atomic mass is 16.5. The smallest absolute Gasteiger partial charge is 0.246 e. The molecule has 0 unspecified atom stereocenters. The summed E-state index contributed by atoms with van der Waals surface area (Å²) in [4.78, 5) is 42.5. The van der Waals surface area contributed by atoms with Crippen molar-refractivity contribution >= 4 is 17.7 Å². The van der Waals surface area contributed by atoms with Crippen LogP contribution in [-0.2, 0) is 25.7 Å². The first kappa shape index (κ1) is 23.8. The van der Waals surface area contributed by atoms with Crippen LogP contribution < -0.4 is 10.6 Å². The molecule has 1 aromatic rings. The molecule has 1 saturated carbocycles. The van der Waals surface area contributed by atoms with Gasteiger partial charge in [0.15, 0.2) is 0 Å². The van der Waals surface area contributed by atoms with Gasteiger partial charge < -0.3 is 20.3 Å². The number of benzene rings is 1. The Bertz CT molecular complexity index is 1060. The maximum Gasteiger partial charge on any atom is 0.246 e. The van der Waals surface area contributed by atoms with Gasteiger partial charge in [-0.25, -0.2) is 0 Å². The maximum atomic E-state index is 13.8. The molecule has 2 N–H and O–H groups in total. The zero-order valence-electron chi connectivity index (χ0n) is 20.5. The van der Waals surface area contributed by atoms with Crippen LogP contribution in [0, 0.1) is 17.8 Å². The van der Waals surface area contributed by atoms with E-state index in [-0.39, 0.29) is 30.3 Å². The SMILES string of the molecule is C=CCN1C(=O)[C@H]2[C@@H](C(=O)N[C@@H]3CCCC[C@@H]3C)[C@]3(C)C=C[C@]2(O3)[C@H]1C(=O)NCc1ccccc1. The Morgan fingerprint density at radius 3 is 2.63 bits per heavy atom. The number of carbonyl (C=O) groups is 3. The zero-order chi connectivity index (χ0) is 24.8. The number of hydrogen-bond donors (Lipinski definition) is 2. The van der Waals surface area contributed by atoms with Gasteiger partial charge in [0.25, 0.3) is 0 Å². The summed E-state index contributed by atoms with van der Waals surface area (Å²) in [7, 11) is 0. The zero-order valence-corrected chi connectivity index (χ0v) is 20.5. The third-order valence-corrected chi connectivity index (χ3v) is 8.40. The second kappa shape index (κ2) is 8.94. The van der Waals surface area contributed by atoms with Crippen molar-refractivity contribution in [1.82, 2.24) is 15.5 Å². The van der Waals surface area contributed by atoms with E-state index in [1.165, 1.54) is 11.3 Å². The molecular formula is C28H35N3O4. The Balaban J connectivity index is 1.42. The van der Waals surface area contributed by atoms with E-state index in [1.807, 2.05) is 49.4 Å². The summed E-state index contributed by atoms with van der Waals surface area (Å²) in [6, 6.07) is 8.87. The molecule has 2 saturated heterocycles. The standard InChI is InChI=1S/C28H35N3O4/c1-4-16-31-23(25(33)29-17-19-11-6-5-7-12-19)28-15-14-27(3,35-28)21(22(28)26(31)34)24(32)30-20-13-9-8-10-18(20)2/h4-7,11-12,14-15,18,20-23H,1,8-10,13,16-17H2,2-3H3,(H,29,33)(H,30,32)/t18-,20+,21-,22+,23+,27-,28+/m0/s1. The summed E-state index contributed by atoms with van der Waals surface area (Å²) in [6.07, 6.45) is 9.65. The summed E-state index contributed by atoms with van der Waals surface area (Å²) >= 11 is 0. The second-order valence-electron chi connectivity index (χ2n) is 10.7. The van der Waals surface area contributed by atoms with Crippen LogP contribution in [0.4, 0.5) is 0 Å². The quantitative estimate of drug-likeness (QED) is 0.591. The van der Waals surface area contributed by atoms with Crippen molar-refractivity contribution in [3.05, 3.63) is 60.7 Å². The maximum absolute atomic E-state index is 13.8. The molecule has 35 heavy (non-hydrogen) atoms. The Morgan fingerprint density at radius 2 is 1.91 bits per heavy atom. The predicted molar refractivity (Wildman–Crippen MR) is 132 cm³/mol. The van der Waals surface area contributed by atoms with Gasteiger partial charge in [0.1, 0.15) is 11.6 Å². The van der Waals surface area contributed by atoms with Gasteiger partial charge in [0, 0.05) is 19.1 Å². The highest BCUT2D eigenvalue weighted by Gasteiger charge is 2.76. The molecule has 7 atom stereocenters. The number of rotatable bonds is 7. The molecule has 5 rings (SSSR count). The molecule has 7 heteroatoms. The number of amides is 3. The summed E-state index contributed by atoms with van der Waals surface area (Å²) < 4.78 is 6.52. The molecule has 1 aromatic carbocycles. The Morgan fingerprint density at radius 1 is 1.17 bits per heavy atom. The van der Waals surface area contributed by atoms with Gasteiger partial charge >= 0.3 is 0 Å². The van der Waals surface area contributed by atoms with Gasteiger partial charge in [-0.2, -0.15) is 0 Å². The summed E-state index contributed by atoms with van der Waals surface area (Å²) in [5.41, 5.74) is -1.14. The Hall–Kier alpha value is -2.93. The number of likely N-dealkylation sites (tertiary alicyclic amines) is 1. The number of ether oxygens (including phenoxy) is 1. The number of fused-ring (bicyclic) bond motifs is 1. The lowest BCUT2D eigenvalue weighted by Crippen LogP contribution is -2.54. The lowest BCUT2D eigenvalue weighted by Gasteiger charge is -2.34. The van der Waals surface area contributed by atoms with Gasteiger partial charge in [-0.05, 0) is 31.2 Å². The van der Waals surface area contributed by atoms with E-state index in [1.54, 1.807) is 6.08 Å². The minimum Gasteiger partial charge on any atom is -0.356 e. The Labute approximate surface area is 207 Å².